The topological polar surface area (TPSA) is 104 Å². The molecule has 4 amide bonds. The highest BCUT2D eigenvalue weighted by molar-refractivity contribution is 6.58. The zero-order chi connectivity index (χ0) is 33.6. The molecule has 242 valence electrons. The van der Waals surface area contributed by atoms with E-state index in [4.69, 9.17) is 27.9 Å². The number of hydrogen-bond donors (Lipinski definition) is 1. The molecule has 1 N–H and O–H groups in total. The fraction of sp³-hybridized carbons (Fsp3) is 0.355. The van der Waals surface area contributed by atoms with Crippen LogP contribution in [0.4, 0.5) is 27.6 Å². The Morgan fingerprint density at radius 3 is 2.20 bits per heavy atom. The molecule has 0 spiro atoms. The van der Waals surface area contributed by atoms with Crippen molar-refractivity contribution in [2.45, 2.75) is 29.5 Å². The number of anilines is 1. The van der Waals surface area contributed by atoms with Crippen LogP contribution in [0.15, 0.2) is 35.9 Å². The maximum Gasteiger partial charge on any atom is 0.258 e. The predicted molar refractivity (Wildman–Crippen MR) is 153 cm³/mol. The first-order valence-corrected chi connectivity index (χ1v) is 14.8. The lowest BCUT2D eigenvalue weighted by atomic mass is 9.57. The Balaban J connectivity index is 1.56. The van der Waals surface area contributed by atoms with Gasteiger partial charge >= 0.3 is 0 Å². The summed E-state index contributed by atoms with van der Waals surface area (Å²) >= 11 is 14.0. The van der Waals surface area contributed by atoms with E-state index in [0.29, 0.717) is 11.1 Å². The largest absolute Gasteiger partial charge is 0.504 e. The molecule has 2 heterocycles. The number of ether oxygens (including phenoxy) is 1. The van der Waals surface area contributed by atoms with Crippen molar-refractivity contribution in [3.63, 3.8) is 0 Å². The van der Waals surface area contributed by atoms with Crippen molar-refractivity contribution < 1.29 is 51.0 Å². The van der Waals surface area contributed by atoms with Gasteiger partial charge in [0.15, 0.2) is 44.5 Å². The number of benzene rings is 2. The van der Waals surface area contributed by atoms with E-state index in [1.54, 1.807) is 13.0 Å². The van der Waals surface area contributed by atoms with Crippen molar-refractivity contribution in [1.82, 2.24) is 4.90 Å². The number of alkyl halides is 2. The van der Waals surface area contributed by atoms with Gasteiger partial charge in [-0.25, -0.2) is 26.9 Å². The van der Waals surface area contributed by atoms with E-state index < -0.39 is 98.2 Å². The van der Waals surface area contributed by atoms with E-state index in [1.807, 2.05) is 0 Å². The SMILES string of the molecule is CCN1C(=O)C2CC=C3C(CC4(Cl)C(=O)N(c5c(F)c(F)c(F)c(F)c5F)C(=O)C4(Cl)C3C=Cc3ccc(O)c(OC)c3)C2C1=O. The molecular formula is C31H23Cl2F5N2O6. The second-order valence-electron chi connectivity index (χ2n) is 11.4. The Hall–Kier alpha value is -3.97. The smallest absolute Gasteiger partial charge is 0.258 e. The Morgan fingerprint density at radius 1 is 0.957 bits per heavy atom. The fourth-order valence-corrected chi connectivity index (χ4v) is 8.09. The standard InChI is InChI=1S/C31H23Cl2F5N2O6/c1-3-39-26(42)14-7-6-13-15(19(14)27(39)43)11-30(32)28(44)40(25-23(37)21(35)20(34)22(36)24(25)38)29(45)31(30,33)16(13)8-4-12-5-9-17(41)18(10-12)46-2/h4-6,8-10,14-16,19,41H,3,7,11H2,1-2H3. The van der Waals surface area contributed by atoms with Gasteiger partial charge in [0.1, 0.15) is 5.69 Å². The average molecular weight is 685 g/mol. The summed E-state index contributed by atoms with van der Waals surface area (Å²) in [6, 6.07) is 4.20. The van der Waals surface area contributed by atoms with Gasteiger partial charge < -0.3 is 9.84 Å². The second-order valence-corrected chi connectivity index (χ2v) is 12.7. The Bertz CT molecular complexity index is 1790. The number of hydrogen-bond acceptors (Lipinski definition) is 6. The number of methoxy groups -OCH3 is 1. The summed E-state index contributed by atoms with van der Waals surface area (Å²) in [6.07, 6.45) is 3.88. The van der Waals surface area contributed by atoms with Crippen molar-refractivity contribution in [3.05, 3.63) is 70.6 Å². The highest BCUT2D eigenvalue weighted by atomic mass is 35.5. The number of rotatable bonds is 5. The highest BCUT2D eigenvalue weighted by Gasteiger charge is 2.76. The molecule has 8 nitrogen and oxygen atoms in total. The number of phenolic OH excluding ortho intramolecular Hbond substituents is 1. The fourth-order valence-electron chi connectivity index (χ4n) is 7.20. The molecule has 3 fully saturated rings. The van der Waals surface area contributed by atoms with Gasteiger partial charge in [-0.2, -0.15) is 0 Å². The van der Waals surface area contributed by atoms with Crippen LogP contribution in [-0.2, 0) is 19.2 Å². The molecule has 2 aliphatic carbocycles. The van der Waals surface area contributed by atoms with Crippen LogP contribution in [0.5, 0.6) is 11.5 Å². The van der Waals surface area contributed by atoms with Gasteiger partial charge in [-0.15, -0.1) is 23.2 Å². The number of imide groups is 2. The maximum atomic E-state index is 15.0. The highest BCUT2D eigenvalue weighted by Crippen LogP contribution is 2.63. The summed E-state index contributed by atoms with van der Waals surface area (Å²) in [4.78, 5) is 50.4. The Kier molecular flexibility index (Phi) is 7.51. The molecule has 15 heteroatoms. The van der Waals surface area contributed by atoms with Crippen LogP contribution in [0.25, 0.3) is 6.08 Å². The number of halogens is 7. The summed E-state index contributed by atoms with van der Waals surface area (Å²) in [6.45, 7) is 1.67. The number of nitrogens with zero attached hydrogens (tertiary/aromatic N) is 2. The number of phenols is 1. The van der Waals surface area contributed by atoms with Gasteiger partial charge in [0, 0.05) is 12.5 Å². The van der Waals surface area contributed by atoms with Gasteiger partial charge in [0.25, 0.3) is 11.8 Å². The van der Waals surface area contributed by atoms with E-state index >= 15 is 8.78 Å². The lowest BCUT2D eigenvalue weighted by molar-refractivity contribution is -0.140. The molecule has 6 rings (SSSR count). The summed E-state index contributed by atoms with van der Waals surface area (Å²) in [7, 11) is 1.31. The number of aromatic hydroxyl groups is 1. The van der Waals surface area contributed by atoms with E-state index in [-0.39, 0.29) is 29.4 Å². The first-order chi connectivity index (χ1) is 21.6. The molecule has 0 aromatic heterocycles. The molecule has 2 saturated heterocycles. The van der Waals surface area contributed by atoms with Crippen LogP contribution < -0.4 is 9.64 Å². The third-order valence-electron chi connectivity index (χ3n) is 9.37. The molecule has 46 heavy (non-hydrogen) atoms. The van der Waals surface area contributed by atoms with E-state index in [0.717, 1.165) is 4.90 Å². The molecule has 1 saturated carbocycles. The van der Waals surface area contributed by atoms with Gasteiger partial charge in [-0.3, -0.25) is 24.1 Å². The van der Waals surface area contributed by atoms with Gasteiger partial charge in [-0.1, -0.05) is 29.9 Å². The van der Waals surface area contributed by atoms with Gasteiger partial charge in [-0.05, 0) is 43.4 Å². The van der Waals surface area contributed by atoms with Crippen LogP contribution in [0.2, 0.25) is 0 Å². The Morgan fingerprint density at radius 2 is 1.59 bits per heavy atom. The number of fused-ring (bicyclic) bond motifs is 4. The van der Waals surface area contributed by atoms with Gasteiger partial charge in [0.2, 0.25) is 17.6 Å². The number of carbonyl (C=O) groups is 4. The molecule has 2 aromatic rings. The lowest BCUT2D eigenvalue weighted by Crippen LogP contribution is -2.60. The number of likely N-dealkylation sites (tertiary alicyclic amines) is 1. The summed E-state index contributed by atoms with van der Waals surface area (Å²) in [5.41, 5.74) is -1.12. The third-order valence-corrected chi connectivity index (χ3v) is 10.8. The summed E-state index contributed by atoms with van der Waals surface area (Å²) < 4.78 is 77.7. The monoisotopic (exact) mass is 684 g/mol. The normalized spacial score (nSPS) is 30.6. The minimum atomic E-state index is -2.60. The van der Waals surface area contributed by atoms with Crippen LogP contribution in [0, 0.1) is 52.8 Å². The van der Waals surface area contributed by atoms with Crippen molar-refractivity contribution in [1.29, 1.82) is 0 Å². The zero-order valence-corrected chi connectivity index (χ0v) is 25.4. The van der Waals surface area contributed by atoms with Crippen LogP contribution >= 0.6 is 23.2 Å². The molecule has 2 aromatic carbocycles. The van der Waals surface area contributed by atoms with Crippen molar-refractivity contribution >= 4 is 58.6 Å². The molecule has 0 bridgehead atoms. The van der Waals surface area contributed by atoms with E-state index in [1.165, 1.54) is 37.5 Å². The van der Waals surface area contributed by atoms with Crippen molar-refractivity contribution in [2.75, 3.05) is 18.6 Å². The predicted octanol–water partition coefficient (Wildman–Crippen LogP) is 5.23. The molecule has 4 aliphatic rings. The zero-order valence-electron chi connectivity index (χ0n) is 23.9. The quantitative estimate of drug-likeness (QED) is 0.116. The summed E-state index contributed by atoms with van der Waals surface area (Å²) in [5, 5.41) is 10.00. The average Bonchev–Trinajstić information content (AvgIpc) is 3.37. The van der Waals surface area contributed by atoms with Crippen molar-refractivity contribution in [3.8, 4) is 11.5 Å². The van der Waals surface area contributed by atoms with Crippen LogP contribution in [0.3, 0.4) is 0 Å². The maximum absolute atomic E-state index is 15.0. The first kappa shape index (κ1) is 32.0. The second kappa shape index (κ2) is 10.8. The first-order valence-electron chi connectivity index (χ1n) is 14.0. The minimum absolute atomic E-state index is 0.0562. The number of carbonyl (C=O) groups excluding carboxylic acids is 4. The molecular weight excluding hydrogens is 662 g/mol. The van der Waals surface area contributed by atoms with E-state index in [2.05, 4.69) is 0 Å². The number of allylic oxidation sites excluding steroid dienone is 3. The summed E-state index contributed by atoms with van der Waals surface area (Å²) in [5.74, 6) is -20.7. The van der Waals surface area contributed by atoms with E-state index in [9.17, 15) is 37.5 Å². The molecule has 2 aliphatic heterocycles. The third kappa shape index (κ3) is 4.03. The molecule has 6 unspecified atom stereocenters. The molecule has 0 radical (unpaired) electrons. The minimum Gasteiger partial charge on any atom is -0.504 e. The Labute approximate surface area is 268 Å². The molecule has 6 atom stereocenters. The lowest BCUT2D eigenvalue weighted by Gasteiger charge is -2.49. The number of amides is 4. The van der Waals surface area contributed by atoms with Crippen LogP contribution in [-0.4, -0.2) is 57.0 Å². The van der Waals surface area contributed by atoms with Crippen molar-refractivity contribution in [2.24, 2.45) is 23.7 Å². The van der Waals surface area contributed by atoms with Crippen LogP contribution in [0.1, 0.15) is 25.3 Å². The van der Waals surface area contributed by atoms with Gasteiger partial charge in [0.05, 0.1) is 18.9 Å².